The number of carbonyl (C=O) groups is 2. The molecule has 1 aliphatic rings. The van der Waals surface area contributed by atoms with E-state index in [1.54, 1.807) is 30.7 Å². The predicted octanol–water partition coefficient (Wildman–Crippen LogP) is 5.33. The summed E-state index contributed by atoms with van der Waals surface area (Å²) in [5.74, 6) is 0.249. The number of thiophene rings is 1. The van der Waals surface area contributed by atoms with Crippen molar-refractivity contribution in [3.8, 4) is 5.75 Å². The summed E-state index contributed by atoms with van der Waals surface area (Å²) >= 11 is 2.72. The number of ether oxygens (including phenoxy) is 2. The summed E-state index contributed by atoms with van der Waals surface area (Å²) in [6.45, 7) is 3.88. The highest BCUT2D eigenvalue weighted by Gasteiger charge is 2.27. The average molecular weight is 533 g/mol. The van der Waals surface area contributed by atoms with Crippen LogP contribution in [0.25, 0.3) is 0 Å². The second-order valence-corrected chi connectivity index (χ2v) is 10.5. The molecule has 11 heteroatoms. The number of benzene rings is 1. The number of hydrogen-bond donors (Lipinski definition) is 1. The summed E-state index contributed by atoms with van der Waals surface area (Å²) in [5.41, 5.74) is 1.52. The molecule has 1 N–H and O–H groups in total. The lowest BCUT2D eigenvalue weighted by Gasteiger charge is -2.14. The number of carbonyl (C=O) groups excluding carboxylic acids is 2. The minimum absolute atomic E-state index is 0.101. The van der Waals surface area contributed by atoms with Gasteiger partial charge in [0.15, 0.2) is 17.1 Å². The van der Waals surface area contributed by atoms with E-state index < -0.39 is 6.10 Å². The number of nitrogens with zero attached hydrogens (tertiary/aromatic N) is 3. The number of esters is 1. The van der Waals surface area contributed by atoms with E-state index in [9.17, 15) is 14.0 Å². The zero-order chi connectivity index (χ0) is 25.7. The van der Waals surface area contributed by atoms with Gasteiger partial charge in [0.2, 0.25) is 5.91 Å². The van der Waals surface area contributed by atoms with Crippen molar-refractivity contribution in [3.05, 3.63) is 51.9 Å². The number of amides is 1. The van der Waals surface area contributed by atoms with Crippen molar-refractivity contribution >= 4 is 40.0 Å². The van der Waals surface area contributed by atoms with Gasteiger partial charge in [-0.2, -0.15) is 0 Å². The molecule has 0 saturated carbocycles. The molecular formula is C25H29FN4O4S2. The first-order valence-electron chi connectivity index (χ1n) is 11.9. The Kier molecular flexibility index (Phi) is 8.63. The molecule has 0 radical (unpaired) electrons. The highest BCUT2D eigenvalue weighted by atomic mass is 32.2. The molecule has 0 spiro atoms. The predicted molar refractivity (Wildman–Crippen MR) is 137 cm³/mol. The van der Waals surface area contributed by atoms with Crippen molar-refractivity contribution < 1.29 is 23.5 Å². The molecule has 0 fully saturated rings. The standard InChI is InChI=1S/C25H29FN4O4S2/c1-4-33-24(32)21-18-8-6-5-7-9-19(18)36-23(21)27-20(31)14-35-25-29-28-22(30(25)3)15(2)34-17-12-10-16(26)11-13-17/h10-13,15H,4-9,14H2,1-3H3,(H,27,31). The number of aryl methyl sites for hydroxylation is 1. The Labute approximate surface area is 217 Å². The Balaban J connectivity index is 1.41. The number of anilines is 1. The zero-order valence-electron chi connectivity index (χ0n) is 20.5. The topological polar surface area (TPSA) is 95.3 Å². The third kappa shape index (κ3) is 6.07. The van der Waals surface area contributed by atoms with Crippen LogP contribution in [0, 0.1) is 5.82 Å². The van der Waals surface area contributed by atoms with Crippen molar-refractivity contribution in [3.63, 3.8) is 0 Å². The fraction of sp³-hybridized carbons (Fsp3) is 0.440. The molecule has 36 heavy (non-hydrogen) atoms. The lowest BCUT2D eigenvalue weighted by molar-refractivity contribution is -0.113. The number of thioether (sulfide) groups is 1. The van der Waals surface area contributed by atoms with Gasteiger partial charge < -0.3 is 19.4 Å². The lowest BCUT2D eigenvalue weighted by Crippen LogP contribution is -2.17. The molecule has 4 rings (SSSR count). The smallest absolute Gasteiger partial charge is 0.341 e. The van der Waals surface area contributed by atoms with Crippen LogP contribution in [0.5, 0.6) is 5.75 Å². The zero-order valence-corrected chi connectivity index (χ0v) is 22.1. The maximum absolute atomic E-state index is 13.1. The van der Waals surface area contributed by atoms with E-state index >= 15 is 0 Å². The number of fused-ring (bicyclic) bond motifs is 1. The lowest BCUT2D eigenvalue weighted by atomic mass is 10.1. The second kappa shape index (κ2) is 11.9. The van der Waals surface area contributed by atoms with E-state index in [4.69, 9.17) is 9.47 Å². The van der Waals surface area contributed by atoms with E-state index in [2.05, 4.69) is 15.5 Å². The molecule has 0 bridgehead atoms. The monoisotopic (exact) mass is 532 g/mol. The Morgan fingerprint density at radius 1 is 1.19 bits per heavy atom. The number of rotatable bonds is 9. The number of aromatic nitrogens is 3. The Morgan fingerprint density at radius 2 is 1.94 bits per heavy atom. The number of nitrogens with one attached hydrogen (secondary N) is 1. The van der Waals surface area contributed by atoms with E-state index in [0.29, 0.717) is 27.3 Å². The Bertz CT molecular complexity index is 1230. The van der Waals surface area contributed by atoms with Gasteiger partial charge in [-0.25, -0.2) is 9.18 Å². The van der Waals surface area contributed by atoms with Crippen molar-refractivity contribution in [1.82, 2.24) is 14.8 Å². The molecule has 2 heterocycles. The summed E-state index contributed by atoms with van der Waals surface area (Å²) < 4.78 is 26.0. The van der Waals surface area contributed by atoms with E-state index in [-0.39, 0.29) is 30.1 Å². The van der Waals surface area contributed by atoms with Gasteiger partial charge in [0.1, 0.15) is 16.6 Å². The van der Waals surface area contributed by atoms with Crippen LogP contribution in [-0.2, 0) is 29.4 Å². The third-order valence-corrected chi connectivity index (χ3v) is 8.07. The quantitative estimate of drug-likeness (QED) is 0.226. The highest BCUT2D eigenvalue weighted by Crippen LogP contribution is 2.38. The van der Waals surface area contributed by atoms with Crippen LogP contribution >= 0.6 is 23.1 Å². The minimum Gasteiger partial charge on any atom is -0.483 e. The van der Waals surface area contributed by atoms with Crippen LogP contribution in [0.3, 0.4) is 0 Å². The van der Waals surface area contributed by atoms with Crippen molar-refractivity contribution in [1.29, 1.82) is 0 Å². The van der Waals surface area contributed by atoms with Crippen molar-refractivity contribution in [2.75, 3.05) is 17.7 Å². The van der Waals surface area contributed by atoms with Gasteiger partial charge in [-0.05, 0) is 69.4 Å². The van der Waals surface area contributed by atoms with Gasteiger partial charge in [-0.15, -0.1) is 21.5 Å². The maximum atomic E-state index is 13.1. The molecule has 8 nitrogen and oxygen atoms in total. The molecule has 1 amide bonds. The third-order valence-electron chi connectivity index (χ3n) is 5.84. The van der Waals surface area contributed by atoms with Gasteiger partial charge >= 0.3 is 5.97 Å². The van der Waals surface area contributed by atoms with Gasteiger partial charge in [0.05, 0.1) is 17.9 Å². The number of halogens is 1. The van der Waals surface area contributed by atoms with Crippen LogP contribution in [0.4, 0.5) is 9.39 Å². The normalized spacial score (nSPS) is 14.0. The van der Waals surface area contributed by atoms with E-state index in [1.165, 1.54) is 35.2 Å². The van der Waals surface area contributed by atoms with Crippen LogP contribution < -0.4 is 10.1 Å². The Morgan fingerprint density at radius 3 is 2.69 bits per heavy atom. The molecule has 1 atom stereocenters. The first-order chi connectivity index (χ1) is 17.4. The van der Waals surface area contributed by atoms with E-state index in [0.717, 1.165) is 42.5 Å². The fourth-order valence-corrected chi connectivity index (χ4v) is 6.13. The maximum Gasteiger partial charge on any atom is 0.341 e. The summed E-state index contributed by atoms with van der Waals surface area (Å²) in [7, 11) is 1.80. The summed E-state index contributed by atoms with van der Waals surface area (Å²) in [6.07, 6.45) is 4.55. The molecule has 3 aromatic rings. The van der Waals surface area contributed by atoms with Crippen molar-refractivity contribution in [2.24, 2.45) is 7.05 Å². The highest BCUT2D eigenvalue weighted by molar-refractivity contribution is 7.99. The summed E-state index contributed by atoms with van der Waals surface area (Å²) in [5, 5.41) is 12.4. The SMILES string of the molecule is CCOC(=O)c1c(NC(=O)CSc2nnc(C(C)Oc3ccc(F)cc3)n2C)sc2c1CCCCC2. The molecule has 0 aliphatic heterocycles. The molecule has 1 aliphatic carbocycles. The van der Waals surface area contributed by atoms with Crippen molar-refractivity contribution in [2.45, 2.75) is 57.2 Å². The molecular weight excluding hydrogens is 503 g/mol. The Hall–Kier alpha value is -2.92. The summed E-state index contributed by atoms with van der Waals surface area (Å²) in [4.78, 5) is 26.7. The average Bonchev–Trinajstić information content (AvgIpc) is 3.30. The van der Waals surface area contributed by atoms with Gasteiger partial charge in [0, 0.05) is 11.9 Å². The molecule has 1 aromatic carbocycles. The van der Waals surface area contributed by atoms with Crippen LogP contribution in [0.1, 0.15) is 65.8 Å². The molecule has 1 unspecified atom stereocenters. The largest absolute Gasteiger partial charge is 0.483 e. The molecule has 2 aromatic heterocycles. The van der Waals surface area contributed by atoms with Crippen LogP contribution in [0.2, 0.25) is 0 Å². The van der Waals surface area contributed by atoms with E-state index in [1.807, 2.05) is 6.92 Å². The van der Waals surface area contributed by atoms with Gasteiger partial charge in [-0.1, -0.05) is 18.2 Å². The minimum atomic E-state index is -0.426. The number of hydrogen-bond acceptors (Lipinski definition) is 8. The van der Waals surface area contributed by atoms with Gasteiger partial charge in [-0.3, -0.25) is 4.79 Å². The first kappa shape index (κ1) is 26.2. The molecule has 0 saturated heterocycles. The molecule has 192 valence electrons. The first-order valence-corrected chi connectivity index (χ1v) is 13.7. The van der Waals surface area contributed by atoms with Gasteiger partial charge in [0.25, 0.3) is 0 Å². The second-order valence-electron chi connectivity index (χ2n) is 8.44. The van der Waals surface area contributed by atoms with Crippen LogP contribution in [0.15, 0.2) is 29.4 Å². The van der Waals surface area contributed by atoms with Crippen LogP contribution in [-0.4, -0.2) is 39.0 Å². The fourth-order valence-electron chi connectivity index (χ4n) is 4.12. The summed E-state index contributed by atoms with van der Waals surface area (Å²) in [6, 6.07) is 5.77.